The van der Waals surface area contributed by atoms with Crippen molar-refractivity contribution >= 4 is 5.97 Å². The van der Waals surface area contributed by atoms with Crippen molar-refractivity contribution in [1.82, 2.24) is 0 Å². The van der Waals surface area contributed by atoms with E-state index in [0.29, 0.717) is 11.3 Å². The molecule has 1 heterocycles. The quantitative estimate of drug-likeness (QED) is 0.730. The van der Waals surface area contributed by atoms with Crippen LogP contribution in [-0.4, -0.2) is 19.4 Å². The molecular formula is C12H12O4. The molecule has 4 nitrogen and oxygen atoms in total. The highest BCUT2D eigenvalue weighted by atomic mass is 16.7. The molecule has 0 amide bonds. The highest BCUT2D eigenvalue weighted by molar-refractivity contribution is 5.90. The predicted octanol–water partition coefficient (Wildman–Crippen LogP) is 1.90. The highest BCUT2D eigenvalue weighted by Gasteiger charge is 2.23. The molecule has 1 aromatic carbocycles. The van der Waals surface area contributed by atoms with Crippen LogP contribution in [0.2, 0.25) is 0 Å². The average Bonchev–Trinajstić information content (AvgIpc) is 2.59. The van der Waals surface area contributed by atoms with Crippen molar-refractivity contribution in [3.63, 3.8) is 0 Å². The summed E-state index contributed by atoms with van der Waals surface area (Å²) in [6.45, 7) is 1.69. The topological polar surface area (TPSA) is 44.8 Å². The first kappa shape index (κ1) is 10.5. The fraction of sp³-hybridized carbons (Fsp3) is 0.250. The minimum absolute atomic E-state index is 0.335. The normalized spacial score (nSPS) is 19.0. The molecule has 1 aliphatic heterocycles. The van der Waals surface area contributed by atoms with Gasteiger partial charge in [0.25, 0.3) is 6.29 Å². The first-order valence-electron chi connectivity index (χ1n) is 4.89. The first-order valence-corrected chi connectivity index (χ1v) is 4.89. The first-order chi connectivity index (χ1) is 7.69. The van der Waals surface area contributed by atoms with Gasteiger partial charge in [0.2, 0.25) is 0 Å². The molecule has 84 valence electrons. The maximum atomic E-state index is 11.1. The Morgan fingerprint density at radius 1 is 1.19 bits per heavy atom. The number of ether oxygens (including phenoxy) is 3. The van der Waals surface area contributed by atoms with E-state index < -0.39 is 6.29 Å². The van der Waals surface area contributed by atoms with Gasteiger partial charge < -0.3 is 14.2 Å². The van der Waals surface area contributed by atoms with E-state index in [1.165, 1.54) is 0 Å². The van der Waals surface area contributed by atoms with E-state index in [4.69, 9.17) is 14.2 Å². The smallest absolute Gasteiger partial charge is 0.336 e. The van der Waals surface area contributed by atoms with E-state index in [9.17, 15) is 4.79 Å². The molecule has 0 fully saturated rings. The fourth-order valence-corrected chi connectivity index (χ4v) is 1.35. The predicted molar refractivity (Wildman–Crippen MR) is 57.3 cm³/mol. The summed E-state index contributed by atoms with van der Waals surface area (Å²) in [5.74, 6) is 1.05. The van der Waals surface area contributed by atoms with E-state index in [0.717, 1.165) is 5.75 Å². The third-order valence-electron chi connectivity index (χ3n) is 2.24. The van der Waals surface area contributed by atoms with Crippen molar-refractivity contribution in [2.45, 2.75) is 13.2 Å². The fourth-order valence-electron chi connectivity index (χ4n) is 1.35. The second-order valence-electron chi connectivity index (χ2n) is 3.42. The average molecular weight is 220 g/mol. The van der Waals surface area contributed by atoms with E-state index in [-0.39, 0.29) is 5.97 Å². The third kappa shape index (κ3) is 2.16. The van der Waals surface area contributed by atoms with Crippen molar-refractivity contribution in [2.24, 2.45) is 0 Å². The lowest BCUT2D eigenvalue weighted by molar-refractivity contribution is -0.148. The van der Waals surface area contributed by atoms with Crippen LogP contribution in [0.3, 0.4) is 0 Å². The second-order valence-corrected chi connectivity index (χ2v) is 3.42. The van der Waals surface area contributed by atoms with Gasteiger partial charge in [0.1, 0.15) is 11.5 Å². The molecule has 1 aromatic rings. The Morgan fingerprint density at radius 2 is 1.81 bits per heavy atom. The highest BCUT2D eigenvalue weighted by Crippen LogP contribution is 2.21. The van der Waals surface area contributed by atoms with Crippen molar-refractivity contribution in [2.75, 3.05) is 7.11 Å². The summed E-state index contributed by atoms with van der Waals surface area (Å²) >= 11 is 0. The van der Waals surface area contributed by atoms with Crippen molar-refractivity contribution in [1.29, 1.82) is 0 Å². The van der Waals surface area contributed by atoms with Gasteiger partial charge in [-0.15, -0.1) is 0 Å². The number of benzene rings is 1. The molecule has 0 saturated heterocycles. The molecule has 4 heteroatoms. The molecule has 0 N–H and O–H groups in total. The lowest BCUT2D eigenvalue weighted by Gasteiger charge is -2.11. The van der Waals surface area contributed by atoms with Crippen LogP contribution in [0.15, 0.2) is 35.9 Å². The number of hydrogen-bond donors (Lipinski definition) is 0. The van der Waals surface area contributed by atoms with Gasteiger partial charge in [0.05, 0.1) is 7.11 Å². The summed E-state index contributed by atoms with van der Waals surface area (Å²) in [7, 11) is 1.60. The maximum Gasteiger partial charge on any atom is 0.336 e. The van der Waals surface area contributed by atoms with Crippen LogP contribution < -0.4 is 9.47 Å². The van der Waals surface area contributed by atoms with Gasteiger partial charge in [-0.25, -0.2) is 4.79 Å². The summed E-state index contributed by atoms with van der Waals surface area (Å²) in [6, 6.07) is 7.08. The molecule has 0 saturated carbocycles. The zero-order chi connectivity index (χ0) is 11.5. The molecule has 0 radical (unpaired) electrons. The largest absolute Gasteiger partial charge is 0.497 e. The van der Waals surface area contributed by atoms with Crippen LogP contribution in [0, 0.1) is 0 Å². The molecule has 1 aliphatic rings. The van der Waals surface area contributed by atoms with Gasteiger partial charge in [-0.2, -0.15) is 0 Å². The Balaban J connectivity index is 2.02. The Morgan fingerprint density at radius 3 is 2.31 bits per heavy atom. The van der Waals surface area contributed by atoms with E-state index in [2.05, 4.69) is 0 Å². The third-order valence-corrected chi connectivity index (χ3v) is 2.24. The summed E-state index contributed by atoms with van der Waals surface area (Å²) in [6.07, 6.45) is 1.02. The lowest BCUT2D eigenvalue weighted by atomic mass is 10.3. The van der Waals surface area contributed by atoms with E-state index >= 15 is 0 Å². The Bertz CT molecular complexity index is 419. The van der Waals surface area contributed by atoms with Gasteiger partial charge >= 0.3 is 5.97 Å². The van der Waals surface area contributed by atoms with Crippen LogP contribution in [0.25, 0.3) is 0 Å². The number of rotatable bonds is 3. The number of carbonyl (C=O) groups is 1. The summed E-state index contributed by atoms with van der Waals surface area (Å²) in [5, 5.41) is 0. The molecule has 16 heavy (non-hydrogen) atoms. The molecule has 0 aromatic heterocycles. The summed E-state index contributed by atoms with van der Waals surface area (Å²) < 4.78 is 15.4. The van der Waals surface area contributed by atoms with Crippen LogP contribution in [0.5, 0.6) is 11.5 Å². The van der Waals surface area contributed by atoms with Crippen molar-refractivity contribution in [3.8, 4) is 11.5 Å². The molecule has 1 unspecified atom stereocenters. The Kier molecular flexibility index (Phi) is 2.81. The van der Waals surface area contributed by atoms with Gasteiger partial charge in [-0.3, -0.25) is 0 Å². The molecular weight excluding hydrogens is 208 g/mol. The summed E-state index contributed by atoms with van der Waals surface area (Å²) in [4.78, 5) is 11.1. The standard InChI is InChI=1S/C12H12O4/c1-8-7-11(16-12(8)13)15-10-5-3-9(14-2)4-6-10/h3-7,11H,1-2H3. The lowest BCUT2D eigenvalue weighted by Crippen LogP contribution is -2.15. The zero-order valence-electron chi connectivity index (χ0n) is 9.10. The van der Waals surface area contributed by atoms with Crippen LogP contribution in [0.4, 0.5) is 0 Å². The van der Waals surface area contributed by atoms with Gasteiger partial charge in [0, 0.05) is 11.6 Å². The SMILES string of the molecule is COc1ccc(OC2C=C(C)C(=O)O2)cc1. The molecule has 0 aliphatic carbocycles. The molecule has 2 rings (SSSR count). The molecule has 0 spiro atoms. The monoisotopic (exact) mass is 220 g/mol. The van der Waals surface area contributed by atoms with Gasteiger partial charge in [-0.1, -0.05) is 0 Å². The Labute approximate surface area is 93.4 Å². The zero-order valence-corrected chi connectivity index (χ0v) is 9.10. The van der Waals surface area contributed by atoms with Crippen molar-refractivity contribution < 1.29 is 19.0 Å². The van der Waals surface area contributed by atoms with Gasteiger partial charge in [-0.05, 0) is 31.2 Å². The van der Waals surface area contributed by atoms with Crippen LogP contribution >= 0.6 is 0 Å². The summed E-state index contributed by atoms with van der Waals surface area (Å²) in [5.41, 5.74) is 0.568. The molecule has 0 bridgehead atoms. The van der Waals surface area contributed by atoms with Crippen LogP contribution in [-0.2, 0) is 9.53 Å². The number of carbonyl (C=O) groups excluding carboxylic acids is 1. The number of methoxy groups -OCH3 is 1. The number of cyclic esters (lactones) is 1. The van der Waals surface area contributed by atoms with Crippen LogP contribution in [0.1, 0.15) is 6.92 Å². The minimum atomic E-state index is -0.624. The number of esters is 1. The van der Waals surface area contributed by atoms with E-state index in [1.54, 1.807) is 44.4 Å². The van der Waals surface area contributed by atoms with Crippen molar-refractivity contribution in [3.05, 3.63) is 35.9 Å². The van der Waals surface area contributed by atoms with E-state index in [1.807, 2.05) is 0 Å². The number of hydrogen-bond acceptors (Lipinski definition) is 4. The Hall–Kier alpha value is -1.97. The maximum absolute atomic E-state index is 11.1. The van der Waals surface area contributed by atoms with Gasteiger partial charge in [0.15, 0.2) is 0 Å². The minimum Gasteiger partial charge on any atom is -0.497 e. The second kappa shape index (κ2) is 4.26. The molecule has 1 atom stereocenters.